The number of hydrogen-bond acceptors (Lipinski definition) is 2. The molecule has 0 bridgehead atoms. The lowest BCUT2D eigenvalue weighted by atomic mass is 10.1. The number of phenolic OH excluding ortho intramolecular Hbond substituents is 1. The molecule has 1 atom stereocenters. The summed E-state index contributed by atoms with van der Waals surface area (Å²) in [6.45, 7) is 9.07. The van der Waals surface area contributed by atoms with Crippen LogP contribution < -0.4 is 0 Å². The van der Waals surface area contributed by atoms with E-state index in [4.69, 9.17) is 0 Å². The van der Waals surface area contributed by atoms with Crippen LogP contribution in [0.1, 0.15) is 58.1 Å². The number of benzene rings is 1. The largest absolute Gasteiger partial charge is 0.508 e. The number of unbranched alkanes of at least 4 members (excludes halogenated alkanes) is 2. The predicted molar refractivity (Wildman–Crippen MR) is 77.9 cm³/mol. The van der Waals surface area contributed by atoms with E-state index < -0.39 is 0 Å². The molecule has 0 fully saturated rings. The molecule has 0 radical (unpaired) electrons. The van der Waals surface area contributed by atoms with Crippen LogP contribution in [0.2, 0.25) is 0 Å². The van der Waals surface area contributed by atoms with Crippen molar-refractivity contribution >= 4 is 0 Å². The first kappa shape index (κ1) is 15.0. The Morgan fingerprint density at radius 1 is 1.00 bits per heavy atom. The lowest BCUT2D eigenvalue weighted by molar-refractivity contribution is 0.204. The second-order valence-corrected chi connectivity index (χ2v) is 5.01. The summed E-state index contributed by atoms with van der Waals surface area (Å²) < 4.78 is 0. The molecule has 2 heteroatoms. The van der Waals surface area contributed by atoms with Crippen molar-refractivity contribution in [3.8, 4) is 5.75 Å². The highest BCUT2D eigenvalue weighted by Gasteiger charge is 2.14. The van der Waals surface area contributed by atoms with Crippen LogP contribution in [-0.4, -0.2) is 23.1 Å². The van der Waals surface area contributed by atoms with Gasteiger partial charge in [0.25, 0.3) is 0 Å². The van der Waals surface area contributed by atoms with Gasteiger partial charge in [-0.15, -0.1) is 0 Å². The third kappa shape index (κ3) is 4.69. The third-order valence-electron chi connectivity index (χ3n) is 3.52. The summed E-state index contributed by atoms with van der Waals surface area (Å²) in [5.74, 6) is 0.347. The van der Waals surface area contributed by atoms with Gasteiger partial charge in [0, 0.05) is 6.04 Å². The standard InChI is InChI=1S/C16H27NO/c1-4-6-12-17(13-7-5-2)14(3)15-8-10-16(18)11-9-15/h8-11,14,18H,4-7,12-13H2,1-3H3. The molecule has 1 N–H and O–H groups in total. The topological polar surface area (TPSA) is 23.5 Å². The smallest absolute Gasteiger partial charge is 0.115 e. The van der Waals surface area contributed by atoms with Gasteiger partial charge in [-0.05, 0) is 50.6 Å². The van der Waals surface area contributed by atoms with Crippen molar-refractivity contribution in [2.24, 2.45) is 0 Å². The first-order valence-electron chi connectivity index (χ1n) is 7.22. The highest BCUT2D eigenvalue weighted by molar-refractivity contribution is 5.27. The summed E-state index contributed by atoms with van der Waals surface area (Å²) in [6.07, 6.45) is 4.99. The van der Waals surface area contributed by atoms with E-state index in [-0.39, 0.29) is 0 Å². The van der Waals surface area contributed by atoms with Gasteiger partial charge in [-0.1, -0.05) is 38.8 Å². The lowest BCUT2D eigenvalue weighted by Gasteiger charge is -2.29. The number of rotatable bonds is 8. The molecule has 1 aromatic carbocycles. The maximum atomic E-state index is 9.35. The fraction of sp³-hybridized carbons (Fsp3) is 0.625. The van der Waals surface area contributed by atoms with Crippen molar-refractivity contribution in [1.82, 2.24) is 4.90 Å². The molecule has 1 rings (SSSR count). The van der Waals surface area contributed by atoms with Gasteiger partial charge in [0.2, 0.25) is 0 Å². The van der Waals surface area contributed by atoms with Crippen molar-refractivity contribution in [2.45, 2.75) is 52.5 Å². The van der Waals surface area contributed by atoms with Gasteiger partial charge in [0.15, 0.2) is 0 Å². The van der Waals surface area contributed by atoms with Crippen LogP contribution in [-0.2, 0) is 0 Å². The van der Waals surface area contributed by atoms with Crippen LogP contribution in [0.25, 0.3) is 0 Å². The monoisotopic (exact) mass is 249 g/mol. The van der Waals surface area contributed by atoms with E-state index in [1.807, 2.05) is 12.1 Å². The zero-order chi connectivity index (χ0) is 13.4. The molecular formula is C16H27NO. The van der Waals surface area contributed by atoms with E-state index >= 15 is 0 Å². The molecule has 102 valence electrons. The zero-order valence-electron chi connectivity index (χ0n) is 12.0. The third-order valence-corrected chi connectivity index (χ3v) is 3.52. The fourth-order valence-corrected chi connectivity index (χ4v) is 2.19. The highest BCUT2D eigenvalue weighted by atomic mass is 16.3. The quantitative estimate of drug-likeness (QED) is 0.740. The second kappa shape index (κ2) is 8.15. The Bertz CT molecular complexity index is 312. The van der Waals surface area contributed by atoms with Gasteiger partial charge in [-0.3, -0.25) is 4.90 Å². The molecule has 18 heavy (non-hydrogen) atoms. The molecule has 0 amide bonds. The van der Waals surface area contributed by atoms with Gasteiger partial charge in [-0.25, -0.2) is 0 Å². The van der Waals surface area contributed by atoms with Gasteiger partial charge in [-0.2, -0.15) is 0 Å². The van der Waals surface area contributed by atoms with E-state index in [1.165, 1.54) is 44.3 Å². The molecule has 0 spiro atoms. The maximum absolute atomic E-state index is 9.35. The Balaban J connectivity index is 2.66. The lowest BCUT2D eigenvalue weighted by Crippen LogP contribution is -2.29. The Morgan fingerprint density at radius 3 is 1.94 bits per heavy atom. The number of phenols is 1. The average Bonchev–Trinajstić information content (AvgIpc) is 2.39. The van der Waals surface area contributed by atoms with Gasteiger partial charge >= 0.3 is 0 Å². The molecule has 0 aromatic heterocycles. The van der Waals surface area contributed by atoms with Crippen molar-refractivity contribution in [3.63, 3.8) is 0 Å². The maximum Gasteiger partial charge on any atom is 0.115 e. The van der Waals surface area contributed by atoms with E-state index in [0.29, 0.717) is 11.8 Å². The van der Waals surface area contributed by atoms with Crippen LogP contribution in [0.3, 0.4) is 0 Å². The number of aromatic hydroxyl groups is 1. The summed E-state index contributed by atoms with van der Waals surface area (Å²) in [5.41, 5.74) is 1.29. The van der Waals surface area contributed by atoms with Crippen molar-refractivity contribution < 1.29 is 5.11 Å². The van der Waals surface area contributed by atoms with Crippen LogP contribution >= 0.6 is 0 Å². The molecule has 0 saturated heterocycles. The highest BCUT2D eigenvalue weighted by Crippen LogP contribution is 2.23. The molecule has 0 aliphatic rings. The molecule has 0 aliphatic heterocycles. The Kier molecular flexibility index (Phi) is 6.81. The SMILES string of the molecule is CCCCN(CCCC)C(C)c1ccc(O)cc1. The minimum Gasteiger partial charge on any atom is -0.508 e. The predicted octanol–water partition coefficient (Wildman–Crippen LogP) is 4.36. The molecule has 0 aliphatic carbocycles. The fourth-order valence-electron chi connectivity index (χ4n) is 2.19. The van der Waals surface area contributed by atoms with Crippen LogP contribution in [0.15, 0.2) is 24.3 Å². The number of hydrogen-bond donors (Lipinski definition) is 1. The van der Waals surface area contributed by atoms with Crippen LogP contribution in [0.4, 0.5) is 0 Å². The first-order valence-corrected chi connectivity index (χ1v) is 7.22. The van der Waals surface area contributed by atoms with E-state index in [1.54, 1.807) is 12.1 Å². The average molecular weight is 249 g/mol. The minimum absolute atomic E-state index is 0.347. The minimum atomic E-state index is 0.347. The van der Waals surface area contributed by atoms with E-state index in [9.17, 15) is 5.11 Å². The Labute approximate surface area is 112 Å². The molecule has 1 aromatic rings. The first-order chi connectivity index (χ1) is 8.69. The molecule has 1 unspecified atom stereocenters. The van der Waals surface area contributed by atoms with Crippen LogP contribution in [0, 0.1) is 0 Å². The summed E-state index contributed by atoms with van der Waals surface area (Å²) in [7, 11) is 0. The van der Waals surface area contributed by atoms with Gasteiger partial charge in [0.1, 0.15) is 5.75 Å². The van der Waals surface area contributed by atoms with Crippen molar-refractivity contribution in [1.29, 1.82) is 0 Å². The van der Waals surface area contributed by atoms with E-state index in [2.05, 4.69) is 25.7 Å². The molecular weight excluding hydrogens is 222 g/mol. The van der Waals surface area contributed by atoms with Gasteiger partial charge in [0.05, 0.1) is 0 Å². The normalized spacial score (nSPS) is 12.9. The Hall–Kier alpha value is -1.02. The van der Waals surface area contributed by atoms with E-state index in [0.717, 1.165) is 0 Å². The summed E-state index contributed by atoms with van der Waals surface area (Å²) in [5, 5.41) is 9.35. The summed E-state index contributed by atoms with van der Waals surface area (Å²) in [6, 6.07) is 8.06. The van der Waals surface area contributed by atoms with Gasteiger partial charge < -0.3 is 5.11 Å². The molecule has 0 heterocycles. The van der Waals surface area contributed by atoms with Crippen LogP contribution in [0.5, 0.6) is 5.75 Å². The summed E-state index contributed by atoms with van der Waals surface area (Å²) in [4.78, 5) is 2.55. The molecule has 2 nitrogen and oxygen atoms in total. The number of nitrogens with zero attached hydrogens (tertiary/aromatic N) is 1. The zero-order valence-corrected chi connectivity index (χ0v) is 12.0. The van der Waals surface area contributed by atoms with Crippen molar-refractivity contribution in [2.75, 3.05) is 13.1 Å². The molecule has 0 saturated carbocycles. The Morgan fingerprint density at radius 2 is 1.50 bits per heavy atom. The summed E-state index contributed by atoms with van der Waals surface area (Å²) >= 11 is 0. The van der Waals surface area contributed by atoms with Crippen molar-refractivity contribution in [3.05, 3.63) is 29.8 Å². The second-order valence-electron chi connectivity index (χ2n) is 5.01.